The fraction of sp³-hybridized carbons (Fsp3) is 0.229. The number of rotatable bonds is 3. The first-order valence-electron chi connectivity index (χ1n) is 13.5. The van der Waals surface area contributed by atoms with Crippen LogP contribution in [0, 0.1) is 0 Å². The van der Waals surface area contributed by atoms with Gasteiger partial charge >= 0.3 is 0 Å². The lowest BCUT2D eigenvalue weighted by molar-refractivity contribution is 0.104. The molecule has 184 valence electrons. The molecule has 2 heteroatoms. The number of hydrogen-bond donors (Lipinski definition) is 1. The van der Waals surface area contributed by atoms with E-state index >= 15 is 0 Å². The summed E-state index contributed by atoms with van der Waals surface area (Å²) in [6.07, 6.45) is 8.57. The van der Waals surface area contributed by atoms with Gasteiger partial charge in [0.25, 0.3) is 0 Å². The van der Waals surface area contributed by atoms with Crippen LogP contribution in [0.25, 0.3) is 5.76 Å². The van der Waals surface area contributed by atoms with E-state index in [1.807, 2.05) is 6.07 Å². The first-order chi connectivity index (χ1) is 18.1. The fourth-order valence-corrected chi connectivity index (χ4v) is 5.62. The van der Waals surface area contributed by atoms with Crippen LogP contribution in [-0.2, 0) is 51.4 Å². The van der Waals surface area contributed by atoms with Gasteiger partial charge in [-0.25, -0.2) is 0 Å². The number of aryl methyl sites for hydroxylation is 8. The number of aliphatic hydroxyl groups is 1. The largest absolute Gasteiger partial charge is 0.507 e. The van der Waals surface area contributed by atoms with E-state index in [0.29, 0.717) is 5.56 Å². The van der Waals surface area contributed by atoms with Gasteiger partial charge < -0.3 is 5.11 Å². The highest BCUT2D eigenvalue weighted by Crippen LogP contribution is 2.26. The molecule has 0 atom stereocenters. The third kappa shape index (κ3) is 5.29. The second kappa shape index (κ2) is 10.2. The normalized spacial score (nSPS) is 15.1. The molecule has 1 N–H and O–H groups in total. The molecule has 0 amide bonds. The number of aliphatic hydroxyl groups excluding tert-OH is 1. The molecule has 8 aliphatic carbocycles. The van der Waals surface area contributed by atoms with Crippen molar-refractivity contribution >= 4 is 11.5 Å². The van der Waals surface area contributed by atoms with E-state index < -0.39 is 0 Å². The van der Waals surface area contributed by atoms with Gasteiger partial charge in [0, 0.05) is 17.2 Å². The zero-order valence-electron chi connectivity index (χ0n) is 21.2. The van der Waals surface area contributed by atoms with Crippen molar-refractivity contribution in [2.75, 3.05) is 0 Å². The zero-order chi connectivity index (χ0) is 25.2. The van der Waals surface area contributed by atoms with Crippen LogP contribution in [0.5, 0.6) is 0 Å². The molecule has 0 saturated heterocycles. The van der Waals surface area contributed by atoms with E-state index in [9.17, 15) is 9.90 Å². The minimum absolute atomic E-state index is 0.0696. The van der Waals surface area contributed by atoms with Crippen LogP contribution >= 0.6 is 0 Å². The number of ketones is 1. The Labute approximate surface area is 219 Å². The first-order valence-corrected chi connectivity index (χ1v) is 13.5. The molecule has 0 fully saturated rings. The molecule has 0 saturated carbocycles. The second-order valence-corrected chi connectivity index (χ2v) is 10.5. The Kier molecular flexibility index (Phi) is 6.49. The van der Waals surface area contributed by atoms with Crippen molar-refractivity contribution in [1.29, 1.82) is 0 Å². The summed E-state index contributed by atoms with van der Waals surface area (Å²) < 4.78 is 0. The van der Waals surface area contributed by atoms with Gasteiger partial charge in [-0.2, -0.15) is 0 Å². The van der Waals surface area contributed by atoms with Crippen LogP contribution in [0.15, 0.2) is 91.0 Å². The maximum atomic E-state index is 13.6. The molecule has 2 nitrogen and oxygen atoms in total. The summed E-state index contributed by atoms with van der Waals surface area (Å²) in [6, 6.07) is 30.4. The summed E-state index contributed by atoms with van der Waals surface area (Å²) in [7, 11) is 0. The number of carbonyl (C=O) groups is 1. The minimum Gasteiger partial charge on any atom is -0.507 e. The molecule has 4 aromatic rings. The molecule has 8 aliphatic rings. The molecule has 37 heavy (non-hydrogen) atoms. The summed E-state index contributed by atoms with van der Waals surface area (Å²) in [6.45, 7) is 0. The van der Waals surface area contributed by atoms with Gasteiger partial charge in [0.15, 0.2) is 5.78 Å². The molecular formula is C35H32O2. The van der Waals surface area contributed by atoms with E-state index in [1.54, 1.807) is 0 Å². The van der Waals surface area contributed by atoms with E-state index in [0.717, 1.165) is 73.6 Å². The highest BCUT2D eigenvalue weighted by molar-refractivity contribution is 6.09. The first kappa shape index (κ1) is 23.5. The van der Waals surface area contributed by atoms with Crippen molar-refractivity contribution in [1.82, 2.24) is 0 Å². The predicted molar refractivity (Wildman–Crippen MR) is 150 cm³/mol. The molecule has 0 aliphatic heterocycles. The van der Waals surface area contributed by atoms with E-state index in [4.69, 9.17) is 0 Å². The second-order valence-electron chi connectivity index (χ2n) is 10.5. The summed E-state index contributed by atoms with van der Waals surface area (Å²) in [4.78, 5) is 13.6. The summed E-state index contributed by atoms with van der Waals surface area (Å²) in [5, 5.41) is 11.3. The number of benzene rings is 4. The van der Waals surface area contributed by atoms with Crippen molar-refractivity contribution in [3.8, 4) is 0 Å². The highest BCUT2D eigenvalue weighted by Gasteiger charge is 2.16. The molecule has 0 spiro atoms. The van der Waals surface area contributed by atoms with Gasteiger partial charge in [-0.05, 0) is 108 Å². The molecule has 12 rings (SSSR count). The average molecular weight is 485 g/mol. The van der Waals surface area contributed by atoms with Gasteiger partial charge in [0.1, 0.15) is 5.76 Å². The summed E-state index contributed by atoms with van der Waals surface area (Å²) in [5.74, 6) is -0.0484. The van der Waals surface area contributed by atoms with Crippen molar-refractivity contribution < 1.29 is 9.90 Å². The number of hydrogen-bond acceptors (Lipinski definition) is 2. The van der Waals surface area contributed by atoms with Gasteiger partial charge in [-0.15, -0.1) is 0 Å². The lowest BCUT2D eigenvalue weighted by atomic mass is 9.90. The Hall–Kier alpha value is -3.91. The minimum atomic E-state index is -0.118. The molecule has 4 aromatic carbocycles. The Morgan fingerprint density at radius 1 is 0.486 bits per heavy atom. The van der Waals surface area contributed by atoms with E-state index in [2.05, 4.69) is 78.9 Å². The number of allylic oxidation sites excluding steroid dienone is 1. The molecule has 0 radical (unpaired) electrons. The Morgan fingerprint density at radius 2 is 0.838 bits per heavy atom. The topological polar surface area (TPSA) is 37.3 Å². The van der Waals surface area contributed by atoms with Crippen LogP contribution in [-0.4, -0.2) is 10.9 Å². The van der Waals surface area contributed by atoms with Crippen molar-refractivity contribution in [3.63, 3.8) is 0 Å². The van der Waals surface area contributed by atoms with Crippen molar-refractivity contribution in [2.24, 2.45) is 0 Å². The average Bonchev–Trinajstić information content (AvgIpc) is 2.91. The van der Waals surface area contributed by atoms with Crippen LogP contribution in [0.3, 0.4) is 0 Å². The molecular weight excluding hydrogens is 452 g/mol. The standard InChI is InChI=1S/C35H32O2/c36-34(32-21-28-11-9-24-1-5-26(6-2-24)13-17-30(32)19-15-28)23-35(37)33-22-29-12-10-25-3-7-27(8-4-25)14-18-31(33)20-16-29/h1-8,15-16,19-23,36H,9-14,17-18H2/b34-23-. The van der Waals surface area contributed by atoms with E-state index in [-0.39, 0.29) is 11.5 Å². The third-order valence-electron chi connectivity index (χ3n) is 7.97. The molecule has 8 bridgehead atoms. The zero-order valence-corrected chi connectivity index (χ0v) is 21.2. The third-order valence-corrected chi connectivity index (χ3v) is 7.97. The van der Waals surface area contributed by atoms with Crippen LogP contribution in [0.4, 0.5) is 0 Å². The van der Waals surface area contributed by atoms with Gasteiger partial charge in [0.2, 0.25) is 0 Å². The van der Waals surface area contributed by atoms with Gasteiger partial charge in [-0.3, -0.25) is 4.79 Å². The highest BCUT2D eigenvalue weighted by atomic mass is 16.3. The predicted octanol–water partition coefficient (Wildman–Crippen LogP) is 7.24. The summed E-state index contributed by atoms with van der Waals surface area (Å²) in [5.41, 5.74) is 11.2. The Balaban J connectivity index is 1.32. The van der Waals surface area contributed by atoms with Crippen LogP contribution in [0.1, 0.15) is 60.4 Å². The lowest BCUT2D eigenvalue weighted by Gasteiger charge is -2.15. The van der Waals surface area contributed by atoms with Gasteiger partial charge in [-0.1, -0.05) is 72.8 Å². The molecule has 0 unspecified atom stereocenters. The van der Waals surface area contributed by atoms with Crippen molar-refractivity contribution in [3.05, 3.63) is 147 Å². The number of carbonyl (C=O) groups excluding carboxylic acids is 1. The van der Waals surface area contributed by atoms with Crippen molar-refractivity contribution in [2.45, 2.75) is 51.4 Å². The lowest BCUT2D eigenvalue weighted by Crippen LogP contribution is -2.07. The Bertz CT molecular complexity index is 1470. The molecule has 0 aromatic heterocycles. The SMILES string of the molecule is O=C(/C=C(\O)c1cc2ccc1CCc1ccc(cc1)CC2)c1cc2ccc1CCc1ccc(cc1)CC2. The van der Waals surface area contributed by atoms with Gasteiger partial charge in [0.05, 0.1) is 0 Å². The quantitative estimate of drug-likeness (QED) is 0.189. The smallest absolute Gasteiger partial charge is 0.189 e. The monoisotopic (exact) mass is 484 g/mol. The van der Waals surface area contributed by atoms with Crippen LogP contribution < -0.4 is 0 Å². The summed E-state index contributed by atoms with van der Waals surface area (Å²) >= 11 is 0. The molecule has 0 heterocycles. The Morgan fingerprint density at radius 3 is 1.32 bits per heavy atom. The fourth-order valence-electron chi connectivity index (χ4n) is 5.62. The maximum absolute atomic E-state index is 13.6. The van der Waals surface area contributed by atoms with Crippen LogP contribution in [0.2, 0.25) is 0 Å². The maximum Gasteiger partial charge on any atom is 0.189 e. The van der Waals surface area contributed by atoms with E-state index in [1.165, 1.54) is 33.9 Å².